The maximum atomic E-state index is 13.3. The summed E-state index contributed by atoms with van der Waals surface area (Å²) in [7, 11) is 0. The van der Waals surface area contributed by atoms with Crippen LogP contribution in [0.15, 0.2) is 59.3 Å². The quantitative estimate of drug-likeness (QED) is 0.556. The van der Waals surface area contributed by atoms with Crippen LogP contribution in [-0.4, -0.2) is 33.6 Å². The molecule has 2 amide bonds. The second-order valence-electron chi connectivity index (χ2n) is 9.09. The third-order valence-electron chi connectivity index (χ3n) is 5.37. The molecular weight excluding hydrogens is 364 g/mol. The lowest BCUT2D eigenvalue weighted by molar-refractivity contribution is -0.149. The molecule has 0 heterocycles. The minimum absolute atomic E-state index is 0.134. The highest BCUT2D eigenvalue weighted by Gasteiger charge is 2.35. The minimum atomic E-state index is -0.741. The number of nitrogens with one attached hydrogen (secondary N) is 1. The number of carbonyl (C=O) groups is 2. The molecule has 2 N–H and O–H groups in total. The summed E-state index contributed by atoms with van der Waals surface area (Å²) in [5.41, 5.74) is 5.72. The van der Waals surface area contributed by atoms with E-state index in [-0.39, 0.29) is 23.7 Å². The molecule has 0 aliphatic heterocycles. The molecule has 3 atom stereocenters. The number of hydrazine groups is 1. The Morgan fingerprint density at radius 2 is 1.97 bits per heavy atom. The van der Waals surface area contributed by atoms with E-state index < -0.39 is 11.6 Å². The molecule has 0 bridgehead atoms. The van der Waals surface area contributed by atoms with Crippen LogP contribution < -0.4 is 5.43 Å². The van der Waals surface area contributed by atoms with Gasteiger partial charge in [-0.15, -0.1) is 6.58 Å². The third-order valence-corrected chi connectivity index (χ3v) is 5.37. The smallest absolute Gasteiger partial charge is 0.266 e. The van der Waals surface area contributed by atoms with Crippen LogP contribution in [0.3, 0.4) is 0 Å². The summed E-state index contributed by atoms with van der Waals surface area (Å²) in [5.74, 6) is -1.17. The number of aliphatic hydroxyl groups excluding tert-OH is 1. The van der Waals surface area contributed by atoms with Crippen molar-refractivity contribution in [2.24, 2.45) is 11.8 Å². The Kier molecular flexibility index (Phi) is 7.06. The molecule has 0 aromatic rings. The molecule has 158 valence electrons. The van der Waals surface area contributed by atoms with Crippen LogP contribution in [0.25, 0.3) is 0 Å². The molecule has 0 aromatic heterocycles. The first-order chi connectivity index (χ1) is 13.5. The van der Waals surface area contributed by atoms with Gasteiger partial charge in [0.1, 0.15) is 0 Å². The van der Waals surface area contributed by atoms with E-state index in [1.807, 2.05) is 47.6 Å². The maximum absolute atomic E-state index is 13.3. The van der Waals surface area contributed by atoms with Gasteiger partial charge in [0.2, 0.25) is 5.91 Å². The maximum Gasteiger partial charge on any atom is 0.266 e. The molecule has 0 saturated heterocycles. The number of amides is 2. The van der Waals surface area contributed by atoms with Gasteiger partial charge in [-0.2, -0.15) is 0 Å². The van der Waals surface area contributed by atoms with Crippen molar-refractivity contribution in [3.05, 3.63) is 59.3 Å². The van der Waals surface area contributed by atoms with Crippen LogP contribution in [0.5, 0.6) is 0 Å². The Morgan fingerprint density at radius 3 is 2.52 bits per heavy atom. The predicted octanol–water partition coefficient (Wildman–Crippen LogP) is 4.00. The van der Waals surface area contributed by atoms with E-state index >= 15 is 0 Å². The Labute approximate surface area is 174 Å². The lowest BCUT2D eigenvalue weighted by Crippen LogP contribution is -2.58. The number of nitrogens with zero attached hydrogens (tertiary/aromatic N) is 1. The molecule has 0 radical (unpaired) electrons. The van der Waals surface area contributed by atoms with E-state index in [0.29, 0.717) is 18.4 Å². The van der Waals surface area contributed by atoms with Gasteiger partial charge >= 0.3 is 0 Å². The predicted molar refractivity (Wildman–Crippen MR) is 117 cm³/mol. The summed E-state index contributed by atoms with van der Waals surface area (Å²) >= 11 is 0. The van der Waals surface area contributed by atoms with Crippen LogP contribution in [-0.2, 0) is 9.59 Å². The van der Waals surface area contributed by atoms with E-state index in [0.717, 1.165) is 16.7 Å². The molecule has 3 unspecified atom stereocenters. The van der Waals surface area contributed by atoms with Crippen LogP contribution in [0.2, 0.25) is 0 Å². The second kappa shape index (κ2) is 8.95. The van der Waals surface area contributed by atoms with Gasteiger partial charge in [0, 0.05) is 11.5 Å². The monoisotopic (exact) mass is 398 g/mol. The fourth-order valence-corrected chi connectivity index (χ4v) is 3.84. The van der Waals surface area contributed by atoms with Gasteiger partial charge in [-0.3, -0.25) is 15.0 Å². The van der Waals surface area contributed by atoms with Crippen molar-refractivity contribution in [2.45, 2.75) is 66.0 Å². The number of hydrogen-bond acceptors (Lipinski definition) is 3. The van der Waals surface area contributed by atoms with Gasteiger partial charge in [0.15, 0.2) is 0 Å². The van der Waals surface area contributed by atoms with E-state index in [9.17, 15) is 14.7 Å². The van der Waals surface area contributed by atoms with Gasteiger partial charge in [0.05, 0.1) is 17.6 Å². The fraction of sp³-hybridized carbons (Fsp3) is 0.500. The highest BCUT2D eigenvalue weighted by Crippen LogP contribution is 2.29. The molecule has 2 rings (SSSR count). The third kappa shape index (κ3) is 5.36. The zero-order valence-electron chi connectivity index (χ0n) is 18.5. The molecular formula is C24H34N2O3. The van der Waals surface area contributed by atoms with Gasteiger partial charge in [-0.1, -0.05) is 48.5 Å². The van der Waals surface area contributed by atoms with Crippen molar-refractivity contribution < 1.29 is 14.7 Å². The molecule has 0 saturated carbocycles. The second-order valence-corrected chi connectivity index (χ2v) is 9.09. The van der Waals surface area contributed by atoms with Crippen molar-refractivity contribution >= 4 is 11.8 Å². The van der Waals surface area contributed by atoms with E-state index in [2.05, 4.69) is 18.1 Å². The molecule has 5 nitrogen and oxygen atoms in total. The summed E-state index contributed by atoms with van der Waals surface area (Å²) in [4.78, 5) is 26.3. The van der Waals surface area contributed by atoms with Crippen molar-refractivity contribution in [3.8, 4) is 0 Å². The van der Waals surface area contributed by atoms with Gasteiger partial charge in [-0.05, 0) is 53.0 Å². The zero-order valence-corrected chi connectivity index (χ0v) is 18.5. The SMILES string of the molecule is C=CCC1=CC=C(C(=O)NN(C(=O)C2C=C(C)C=C(C)C2)C(C)(C)C)C(C)C1O. The first-order valence-corrected chi connectivity index (χ1v) is 10.2. The fourth-order valence-electron chi connectivity index (χ4n) is 3.84. The van der Waals surface area contributed by atoms with Crippen LogP contribution in [0.4, 0.5) is 0 Å². The lowest BCUT2D eigenvalue weighted by Gasteiger charge is -2.38. The highest BCUT2D eigenvalue weighted by molar-refractivity contribution is 5.96. The van der Waals surface area contributed by atoms with Crippen molar-refractivity contribution in [1.82, 2.24) is 10.4 Å². The van der Waals surface area contributed by atoms with Crippen molar-refractivity contribution in [3.63, 3.8) is 0 Å². The van der Waals surface area contributed by atoms with Gasteiger partial charge in [0.25, 0.3) is 5.91 Å². The Morgan fingerprint density at radius 1 is 1.31 bits per heavy atom. The molecule has 2 aliphatic rings. The van der Waals surface area contributed by atoms with Gasteiger partial charge in [-0.25, -0.2) is 5.01 Å². The Balaban J connectivity index is 2.25. The minimum Gasteiger partial charge on any atom is -0.388 e. The summed E-state index contributed by atoms with van der Waals surface area (Å²) in [5, 5.41) is 12.0. The first kappa shape index (κ1) is 22.9. The Hall–Kier alpha value is -2.40. The normalized spacial score (nSPS) is 24.6. The number of allylic oxidation sites excluding steroid dienone is 6. The molecule has 0 fully saturated rings. The number of carbonyl (C=O) groups excluding carboxylic acids is 2. The van der Waals surface area contributed by atoms with Crippen molar-refractivity contribution in [2.75, 3.05) is 0 Å². The molecule has 0 spiro atoms. The average molecular weight is 399 g/mol. The largest absolute Gasteiger partial charge is 0.388 e. The van der Waals surface area contributed by atoms with Crippen LogP contribution in [0, 0.1) is 11.8 Å². The highest BCUT2D eigenvalue weighted by atomic mass is 16.3. The van der Waals surface area contributed by atoms with Crippen molar-refractivity contribution in [1.29, 1.82) is 0 Å². The topological polar surface area (TPSA) is 69.6 Å². The van der Waals surface area contributed by atoms with E-state index in [1.165, 1.54) is 5.01 Å². The van der Waals surface area contributed by atoms with Crippen LogP contribution >= 0.6 is 0 Å². The van der Waals surface area contributed by atoms with Gasteiger partial charge < -0.3 is 5.11 Å². The Bertz CT molecular complexity index is 808. The molecule has 0 aromatic carbocycles. The summed E-state index contributed by atoms with van der Waals surface area (Å²) < 4.78 is 0. The lowest BCUT2D eigenvalue weighted by atomic mass is 9.84. The summed E-state index contributed by atoms with van der Waals surface area (Å²) in [6, 6.07) is 0. The number of hydrogen-bond donors (Lipinski definition) is 2. The summed E-state index contributed by atoms with van der Waals surface area (Å²) in [6.45, 7) is 15.2. The average Bonchev–Trinajstić information content (AvgIpc) is 2.61. The molecule has 5 heteroatoms. The standard InChI is InChI=1S/C24H34N2O3/c1-8-9-18-10-11-20(17(4)21(18)27)22(28)25-26(24(5,6)7)23(29)19-13-15(2)12-16(3)14-19/h8,10-13,17,19,21,27H,1,9,14H2,2-7H3,(H,25,28). The van der Waals surface area contributed by atoms with E-state index in [4.69, 9.17) is 0 Å². The first-order valence-electron chi connectivity index (χ1n) is 10.2. The zero-order chi connectivity index (χ0) is 21.9. The molecule has 2 aliphatic carbocycles. The van der Waals surface area contributed by atoms with Crippen LogP contribution in [0.1, 0.15) is 54.4 Å². The number of aliphatic hydroxyl groups is 1. The molecule has 29 heavy (non-hydrogen) atoms. The van der Waals surface area contributed by atoms with E-state index in [1.54, 1.807) is 18.2 Å². The number of rotatable bonds is 4. The summed E-state index contributed by atoms with van der Waals surface area (Å²) in [6.07, 6.45) is 9.74.